The van der Waals surface area contributed by atoms with E-state index in [9.17, 15) is 13.2 Å². The number of halogens is 4. The summed E-state index contributed by atoms with van der Waals surface area (Å²) >= 11 is 3.92. The van der Waals surface area contributed by atoms with Crippen LogP contribution < -0.4 is 5.32 Å². The standard InChI is InChI=1S/C11H13F3INOS/c12-11(13,14)9(17)5-16-7-2-1-3-8-6(7)4-10(15)18-8/h4,7,9,16-17H,1-3,5H2. The van der Waals surface area contributed by atoms with Gasteiger partial charge in [-0.2, -0.15) is 13.2 Å². The van der Waals surface area contributed by atoms with Crippen LogP contribution in [-0.2, 0) is 6.42 Å². The Kier molecular flexibility index (Phi) is 4.56. The van der Waals surface area contributed by atoms with Crippen molar-refractivity contribution in [2.45, 2.75) is 37.6 Å². The van der Waals surface area contributed by atoms with Crippen molar-refractivity contribution in [2.75, 3.05) is 6.54 Å². The van der Waals surface area contributed by atoms with Gasteiger partial charge in [-0.05, 0) is 53.5 Å². The van der Waals surface area contributed by atoms with Crippen molar-refractivity contribution in [2.24, 2.45) is 0 Å². The van der Waals surface area contributed by atoms with Crippen LogP contribution in [0, 0.1) is 2.88 Å². The summed E-state index contributed by atoms with van der Waals surface area (Å²) < 4.78 is 37.8. The molecule has 0 fully saturated rings. The predicted molar refractivity (Wildman–Crippen MR) is 72.8 cm³/mol. The molecule has 1 heterocycles. The number of hydrogen-bond acceptors (Lipinski definition) is 3. The van der Waals surface area contributed by atoms with Gasteiger partial charge in [0.2, 0.25) is 0 Å². The van der Waals surface area contributed by atoms with Crippen molar-refractivity contribution >= 4 is 33.9 Å². The van der Waals surface area contributed by atoms with Gasteiger partial charge in [0, 0.05) is 17.5 Å². The van der Waals surface area contributed by atoms with Crippen LogP contribution in [0.25, 0.3) is 0 Å². The Labute approximate surface area is 121 Å². The molecule has 102 valence electrons. The summed E-state index contributed by atoms with van der Waals surface area (Å²) in [6.45, 7) is -0.444. The second-order valence-electron chi connectivity index (χ2n) is 4.34. The van der Waals surface area contributed by atoms with Gasteiger partial charge in [-0.15, -0.1) is 11.3 Å². The second kappa shape index (κ2) is 5.64. The fourth-order valence-electron chi connectivity index (χ4n) is 2.10. The van der Waals surface area contributed by atoms with Crippen LogP contribution in [0.5, 0.6) is 0 Å². The Morgan fingerprint density at radius 2 is 2.28 bits per heavy atom. The average Bonchev–Trinajstić information content (AvgIpc) is 2.65. The molecule has 0 aromatic carbocycles. The molecule has 7 heteroatoms. The second-order valence-corrected chi connectivity index (χ2v) is 7.37. The third kappa shape index (κ3) is 3.37. The molecule has 0 radical (unpaired) electrons. The molecule has 18 heavy (non-hydrogen) atoms. The predicted octanol–water partition coefficient (Wildman–Crippen LogP) is 3.24. The lowest BCUT2D eigenvalue weighted by atomic mass is 9.94. The highest BCUT2D eigenvalue weighted by Gasteiger charge is 2.38. The highest BCUT2D eigenvalue weighted by atomic mass is 127. The number of hydrogen-bond donors (Lipinski definition) is 2. The molecule has 0 saturated carbocycles. The largest absolute Gasteiger partial charge is 0.415 e. The Hall–Kier alpha value is 0.140. The Balaban J connectivity index is 1.99. The number of nitrogens with one attached hydrogen (secondary N) is 1. The SMILES string of the molecule is OC(CNC1CCCc2sc(I)cc21)C(F)(F)F. The zero-order valence-electron chi connectivity index (χ0n) is 9.43. The molecule has 1 aromatic heterocycles. The monoisotopic (exact) mass is 391 g/mol. The van der Waals surface area contributed by atoms with Crippen molar-refractivity contribution in [1.29, 1.82) is 0 Å². The van der Waals surface area contributed by atoms with Crippen LogP contribution in [0.2, 0.25) is 0 Å². The van der Waals surface area contributed by atoms with E-state index in [4.69, 9.17) is 5.11 Å². The Morgan fingerprint density at radius 1 is 1.56 bits per heavy atom. The molecule has 2 N–H and O–H groups in total. The van der Waals surface area contributed by atoms with E-state index in [1.54, 1.807) is 11.3 Å². The molecule has 2 nitrogen and oxygen atoms in total. The van der Waals surface area contributed by atoms with E-state index in [1.807, 2.05) is 6.07 Å². The molecule has 2 rings (SSSR count). The first-order valence-corrected chi connectivity index (χ1v) is 7.53. The van der Waals surface area contributed by atoms with E-state index in [0.29, 0.717) is 0 Å². The normalized spacial score (nSPS) is 21.7. The summed E-state index contributed by atoms with van der Waals surface area (Å²) in [6.07, 6.45) is -4.04. The molecule has 0 saturated heterocycles. The van der Waals surface area contributed by atoms with Crippen molar-refractivity contribution in [3.8, 4) is 0 Å². The minimum Gasteiger partial charge on any atom is -0.382 e. The minimum atomic E-state index is -4.55. The topological polar surface area (TPSA) is 32.3 Å². The van der Waals surface area contributed by atoms with E-state index in [2.05, 4.69) is 27.9 Å². The minimum absolute atomic E-state index is 0.0643. The van der Waals surface area contributed by atoms with Crippen LogP contribution >= 0.6 is 33.9 Å². The number of thiophene rings is 1. The van der Waals surface area contributed by atoms with E-state index < -0.39 is 18.8 Å². The summed E-state index contributed by atoms with van der Waals surface area (Å²) in [5.74, 6) is 0. The van der Waals surface area contributed by atoms with Gasteiger partial charge in [0.05, 0.1) is 2.88 Å². The van der Waals surface area contributed by atoms with E-state index in [0.717, 1.165) is 27.7 Å². The first-order valence-electron chi connectivity index (χ1n) is 5.64. The first-order chi connectivity index (χ1) is 8.38. The molecular formula is C11H13F3INOS. The molecule has 0 aliphatic heterocycles. The molecule has 1 aliphatic rings. The third-order valence-electron chi connectivity index (χ3n) is 3.02. The Bertz CT molecular complexity index is 421. The molecule has 2 unspecified atom stereocenters. The number of aliphatic hydroxyl groups is 1. The van der Waals surface area contributed by atoms with Crippen LogP contribution in [0.15, 0.2) is 6.07 Å². The zero-order chi connectivity index (χ0) is 13.3. The van der Waals surface area contributed by atoms with Gasteiger partial charge >= 0.3 is 6.18 Å². The van der Waals surface area contributed by atoms with E-state index in [-0.39, 0.29) is 6.04 Å². The average molecular weight is 391 g/mol. The highest BCUT2D eigenvalue weighted by molar-refractivity contribution is 14.1. The smallest absolute Gasteiger partial charge is 0.382 e. The van der Waals surface area contributed by atoms with Crippen molar-refractivity contribution in [3.05, 3.63) is 19.4 Å². The van der Waals surface area contributed by atoms with Crippen molar-refractivity contribution in [1.82, 2.24) is 5.32 Å². The molecule has 2 atom stereocenters. The lowest BCUT2D eigenvalue weighted by molar-refractivity contribution is -0.202. The molecular weight excluding hydrogens is 378 g/mol. The van der Waals surface area contributed by atoms with Crippen molar-refractivity contribution in [3.63, 3.8) is 0 Å². The van der Waals surface area contributed by atoms with Crippen LogP contribution in [0.3, 0.4) is 0 Å². The fraction of sp³-hybridized carbons (Fsp3) is 0.636. The summed E-state index contributed by atoms with van der Waals surface area (Å²) in [5, 5.41) is 11.8. The molecule has 0 spiro atoms. The number of rotatable bonds is 3. The highest BCUT2D eigenvalue weighted by Crippen LogP contribution is 2.36. The van der Waals surface area contributed by atoms with Gasteiger partial charge in [0.15, 0.2) is 6.10 Å². The molecule has 1 aromatic rings. The molecule has 0 bridgehead atoms. The van der Waals surface area contributed by atoms with Gasteiger partial charge in [0.25, 0.3) is 0 Å². The summed E-state index contributed by atoms with van der Waals surface area (Å²) in [7, 11) is 0. The molecule has 1 aliphatic carbocycles. The van der Waals surface area contributed by atoms with Crippen LogP contribution in [0.4, 0.5) is 13.2 Å². The lowest BCUT2D eigenvalue weighted by Gasteiger charge is -2.25. The summed E-state index contributed by atoms with van der Waals surface area (Å²) in [6, 6.07) is 1.96. The number of alkyl halides is 3. The van der Waals surface area contributed by atoms with Crippen molar-refractivity contribution < 1.29 is 18.3 Å². The van der Waals surface area contributed by atoms with E-state index in [1.165, 1.54) is 4.88 Å². The van der Waals surface area contributed by atoms with Crippen LogP contribution in [-0.4, -0.2) is 23.9 Å². The number of aliphatic hydroxyl groups excluding tert-OH is 1. The van der Waals surface area contributed by atoms with Gasteiger partial charge in [-0.1, -0.05) is 0 Å². The van der Waals surface area contributed by atoms with E-state index >= 15 is 0 Å². The Morgan fingerprint density at radius 3 is 2.94 bits per heavy atom. The van der Waals surface area contributed by atoms with Crippen LogP contribution in [0.1, 0.15) is 29.3 Å². The maximum atomic E-state index is 12.2. The maximum Gasteiger partial charge on any atom is 0.415 e. The van der Waals surface area contributed by atoms with Gasteiger partial charge in [-0.25, -0.2) is 0 Å². The summed E-state index contributed by atoms with van der Waals surface area (Å²) in [4.78, 5) is 1.25. The summed E-state index contributed by atoms with van der Waals surface area (Å²) in [5.41, 5.74) is 1.10. The quantitative estimate of drug-likeness (QED) is 0.776. The number of fused-ring (bicyclic) bond motifs is 1. The fourth-order valence-corrected chi connectivity index (χ4v) is 4.22. The maximum absolute atomic E-state index is 12.2. The molecule has 0 amide bonds. The number of aryl methyl sites for hydroxylation is 1. The van der Waals surface area contributed by atoms with Gasteiger partial charge < -0.3 is 10.4 Å². The van der Waals surface area contributed by atoms with Gasteiger partial charge in [-0.3, -0.25) is 0 Å². The lowest BCUT2D eigenvalue weighted by Crippen LogP contribution is -2.40. The third-order valence-corrected chi connectivity index (χ3v) is 4.99. The first kappa shape index (κ1) is 14.5. The zero-order valence-corrected chi connectivity index (χ0v) is 12.4. The van der Waals surface area contributed by atoms with Gasteiger partial charge in [0.1, 0.15) is 0 Å².